The molecule has 1 amide bonds. The molecule has 3 fully saturated rings. The summed E-state index contributed by atoms with van der Waals surface area (Å²) < 4.78 is 57.3. The van der Waals surface area contributed by atoms with Crippen LogP contribution >= 0.6 is 0 Å². The molecular weight excluding hydrogens is 653 g/mol. The predicted molar refractivity (Wildman–Crippen MR) is 182 cm³/mol. The third kappa shape index (κ3) is 7.68. The molecule has 3 aromatic rings. The van der Waals surface area contributed by atoms with Gasteiger partial charge < -0.3 is 28.6 Å². The Labute approximate surface area is 288 Å². The number of nitrogens with zero attached hydrogens (tertiary/aromatic N) is 7. The average molecular weight is 700 g/mol. The maximum Gasteiger partial charge on any atom is 0.258 e. The number of likely N-dealkylation sites (tertiary alicyclic amines) is 1. The van der Waals surface area contributed by atoms with Crippen LogP contribution in [0.15, 0.2) is 41.4 Å². The van der Waals surface area contributed by atoms with Gasteiger partial charge in [-0.3, -0.25) is 4.79 Å². The monoisotopic (exact) mass is 699 g/mol. The first-order valence-corrected chi connectivity index (χ1v) is 18.1. The van der Waals surface area contributed by atoms with Crippen LogP contribution in [0.25, 0.3) is 0 Å². The highest BCUT2D eigenvalue weighted by Crippen LogP contribution is 2.45. The van der Waals surface area contributed by atoms with Crippen molar-refractivity contribution in [3.05, 3.63) is 54.3 Å². The standard InChI is InChI=1S/C34H46FN7O6S/c1-22(2)41(23(3)4)33(43)28-14-25(35)6-9-29(28)48-30-15-36-21-37-32(30)40-19-34(20-40)10-12-39(13-11-34)16-27-8-7-26(17-47-27)42(49(44)45)31-18-46-24(5)38-31/h6,9,14-15,18,21-23,26-27,49H,7-8,10-13,16-17,19-20H2,1-5H3/t26-,27+/m1/s1. The molecule has 1 spiro atoms. The molecule has 6 rings (SSSR count). The fourth-order valence-corrected chi connectivity index (χ4v) is 8.13. The molecule has 15 heteroatoms. The van der Waals surface area contributed by atoms with Gasteiger partial charge in [0.05, 0.1) is 30.5 Å². The van der Waals surface area contributed by atoms with Gasteiger partial charge in [0.2, 0.25) is 10.9 Å². The zero-order chi connectivity index (χ0) is 34.9. The Morgan fingerprint density at radius 3 is 2.47 bits per heavy atom. The molecule has 5 heterocycles. The third-order valence-corrected chi connectivity index (χ3v) is 10.7. The van der Waals surface area contributed by atoms with Gasteiger partial charge in [-0.2, -0.15) is 4.98 Å². The van der Waals surface area contributed by atoms with Crippen molar-refractivity contribution in [1.29, 1.82) is 0 Å². The van der Waals surface area contributed by atoms with Crippen molar-refractivity contribution in [3.8, 4) is 11.5 Å². The van der Waals surface area contributed by atoms with E-state index in [4.69, 9.17) is 13.9 Å². The van der Waals surface area contributed by atoms with Crippen molar-refractivity contribution in [2.45, 2.75) is 84.5 Å². The minimum Gasteiger partial charge on any atom is -0.451 e. The first-order chi connectivity index (χ1) is 23.4. The number of hydrogen-bond donors (Lipinski definition) is 1. The second-order valence-electron chi connectivity index (χ2n) is 14.0. The number of carbonyl (C=O) groups is 1. The highest BCUT2D eigenvalue weighted by Gasteiger charge is 2.46. The second-order valence-corrected chi connectivity index (χ2v) is 14.9. The molecule has 0 radical (unpaired) electrons. The van der Waals surface area contributed by atoms with E-state index in [9.17, 15) is 17.6 Å². The first kappa shape index (κ1) is 35.0. The number of amides is 1. The van der Waals surface area contributed by atoms with E-state index in [1.54, 1.807) is 18.0 Å². The normalized spacial score (nSPS) is 21.0. The van der Waals surface area contributed by atoms with Crippen LogP contribution in [0, 0.1) is 18.2 Å². The molecular formula is C34H46FN7O6S. The largest absolute Gasteiger partial charge is 0.451 e. The van der Waals surface area contributed by atoms with E-state index < -0.39 is 16.7 Å². The van der Waals surface area contributed by atoms with Crippen LogP contribution in [0.4, 0.5) is 16.0 Å². The van der Waals surface area contributed by atoms with Crippen molar-refractivity contribution in [2.24, 2.45) is 5.41 Å². The maximum absolute atomic E-state index is 14.4. The van der Waals surface area contributed by atoms with E-state index in [0.717, 1.165) is 52.0 Å². The highest BCUT2D eigenvalue weighted by atomic mass is 32.2. The lowest BCUT2D eigenvalue weighted by Crippen LogP contribution is -2.61. The van der Waals surface area contributed by atoms with Crippen molar-refractivity contribution in [3.63, 3.8) is 0 Å². The Kier molecular flexibility index (Phi) is 10.4. The summed E-state index contributed by atoms with van der Waals surface area (Å²) in [6.45, 7) is 14.1. The van der Waals surface area contributed by atoms with Crippen LogP contribution in [0.1, 0.15) is 69.6 Å². The zero-order valence-electron chi connectivity index (χ0n) is 28.7. The quantitative estimate of drug-likeness (QED) is 0.285. The van der Waals surface area contributed by atoms with E-state index >= 15 is 0 Å². The predicted octanol–water partition coefficient (Wildman–Crippen LogP) is 4.45. The molecule has 2 atom stereocenters. The number of halogens is 1. The Hall–Kier alpha value is -3.82. The number of aryl methyl sites for hydroxylation is 1. The summed E-state index contributed by atoms with van der Waals surface area (Å²) in [5.74, 6) is 1.24. The Morgan fingerprint density at radius 1 is 1.12 bits per heavy atom. The van der Waals surface area contributed by atoms with Gasteiger partial charge in [-0.1, -0.05) is 0 Å². The van der Waals surface area contributed by atoms with Crippen molar-refractivity contribution in [1.82, 2.24) is 24.8 Å². The molecule has 3 saturated heterocycles. The smallest absolute Gasteiger partial charge is 0.258 e. The molecule has 0 saturated carbocycles. The lowest BCUT2D eigenvalue weighted by Gasteiger charge is -2.54. The van der Waals surface area contributed by atoms with Gasteiger partial charge in [0.25, 0.3) is 5.91 Å². The van der Waals surface area contributed by atoms with Gasteiger partial charge in [0.1, 0.15) is 24.2 Å². The number of ether oxygens (including phenoxy) is 2. The summed E-state index contributed by atoms with van der Waals surface area (Å²) in [5.41, 5.74) is 0.323. The average Bonchev–Trinajstić information content (AvgIpc) is 3.47. The molecule has 2 aromatic heterocycles. The lowest BCUT2D eigenvalue weighted by molar-refractivity contribution is -0.0269. The highest BCUT2D eigenvalue weighted by molar-refractivity contribution is 7.74. The number of oxazole rings is 1. The number of hydrogen-bond acceptors (Lipinski definition) is 11. The fraction of sp³-hybridized carbons (Fsp3) is 0.588. The zero-order valence-corrected chi connectivity index (χ0v) is 29.6. The SMILES string of the molecule is Cc1nc(N([C@@H]2CC[C@@H](CN3CCC4(CC3)CN(c3ncncc3Oc3ccc(F)cc3C(=O)N(C(C)C)C(C)C)C4)OC2)[SH](=O)=O)co1. The van der Waals surface area contributed by atoms with Crippen LogP contribution in [0.2, 0.25) is 0 Å². The molecule has 0 unspecified atom stereocenters. The van der Waals surface area contributed by atoms with Gasteiger partial charge in [0, 0.05) is 44.1 Å². The van der Waals surface area contributed by atoms with Crippen molar-refractivity contribution < 1.29 is 31.5 Å². The molecule has 0 bridgehead atoms. The lowest BCUT2D eigenvalue weighted by atomic mass is 9.72. The van der Waals surface area contributed by atoms with Gasteiger partial charge in [0.15, 0.2) is 23.3 Å². The summed E-state index contributed by atoms with van der Waals surface area (Å²) in [4.78, 5) is 32.8. The van der Waals surface area contributed by atoms with Crippen molar-refractivity contribution in [2.75, 3.05) is 48.5 Å². The number of anilines is 2. The molecule has 49 heavy (non-hydrogen) atoms. The van der Waals surface area contributed by atoms with Gasteiger partial charge in [-0.05, 0) is 84.7 Å². The second kappa shape index (κ2) is 14.6. The number of thiol groups is 1. The number of rotatable bonds is 11. The first-order valence-electron chi connectivity index (χ1n) is 17.0. The molecule has 1 aromatic carbocycles. The minimum atomic E-state index is -2.86. The van der Waals surface area contributed by atoms with E-state index in [1.807, 2.05) is 27.7 Å². The van der Waals surface area contributed by atoms with E-state index in [1.165, 1.54) is 35.1 Å². The summed E-state index contributed by atoms with van der Waals surface area (Å²) in [6.07, 6.45) is 8.02. The number of benzene rings is 1. The number of carbonyl (C=O) groups excluding carboxylic acids is 1. The van der Waals surface area contributed by atoms with Crippen LogP contribution in [0.5, 0.6) is 11.5 Å². The Morgan fingerprint density at radius 2 is 1.86 bits per heavy atom. The van der Waals surface area contributed by atoms with Crippen LogP contribution in [-0.2, 0) is 15.6 Å². The van der Waals surface area contributed by atoms with Crippen LogP contribution in [0.3, 0.4) is 0 Å². The number of aromatic nitrogens is 3. The molecule has 13 nitrogen and oxygen atoms in total. The summed E-state index contributed by atoms with van der Waals surface area (Å²) >= 11 is 0. The number of piperidine rings is 1. The Bertz CT molecular complexity index is 1680. The third-order valence-electron chi connectivity index (χ3n) is 9.84. The molecule has 266 valence electrons. The van der Waals surface area contributed by atoms with Gasteiger partial charge in [-0.25, -0.2) is 27.1 Å². The molecule has 3 aliphatic heterocycles. The van der Waals surface area contributed by atoms with E-state index in [-0.39, 0.29) is 46.9 Å². The van der Waals surface area contributed by atoms with Crippen molar-refractivity contribution >= 4 is 28.4 Å². The summed E-state index contributed by atoms with van der Waals surface area (Å²) in [7, 11) is -2.86. The Balaban J connectivity index is 1.03. The van der Waals surface area contributed by atoms with Crippen LogP contribution < -0.4 is 13.9 Å². The topological polar surface area (TPSA) is 134 Å². The van der Waals surface area contributed by atoms with E-state index in [2.05, 4.69) is 24.8 Å². The minimum absolute atomic E-state index is 0.0470. The summed E-state index contributed by atoms with van der Waals surface area (Å²) in [5, 5.41) is 0. The fourth-order valence-electron chi connectivity index (χ4n) is 7.42. The van der Waals surface area contributed by atoms with E-state index in [0.29, 0.717) is 36.3 Å². The van der Waals surface area contributed by atoms with Gasteiger partial charge in [-0.15, -0.1) is 0 Å². The maximum atomic E-state index is 14.4. The molecule has 3 aliphatic rings. The molecule has 0 N–H and O–H groups in total. The van der Waals surface area contributed by atoms with Gasteiger partial charge >= 0.3 is 0 Å². The van der Waals surface area contributed by atoms with Crippen LogP contribution in [-0.4, -0.2) is 103 Å². The molecule has 0 aliphatic carbocycles. The summed E-state index contributed by atoms with van der Waals surface area (Å²) in [6, 6.07) is 3.56.